The lowest BCUT2D eigenvalue weighted by atomic mass is 9.99. The molecule has 9 nitrogen and oxygen atoms in total. The molecule has 0 radical (unpaired) electrons. The second-order valence-electron chi connectivity index (χ2n) is 7.49. The fraction of sp³-hybridized carbons (Fsp3) is 0.600. The van der Waals surface area contributed by atoms with Crippen molar-refractivity contribution in [3.05, 3.63) is 16.0 Å². The molecule has 0 spiro atoms. The minimum Gasteiger partial charge on any atom is -0.473 e. The summed E-state index contributed by atoms with van der Waals surface area (Å²) in [6.07, 6.45) is 5.87. The van der Waals surface area contributed by atoms with Crippen molar-refractivity contribution < 1.29 is 34.1 Å². The maximum Gasteiger partial charge on any atom is 0.414 e. The van der Waals surface area contributed by atoms with E-state index in [1.807, 2.05) is 0 Å². The molecule has 0 saturated carbocycles. The lowest BCUT2D eigenvalue weighted by molar-refractivity contribution is -0.159. The van der Waals surface area contributed by atoms with Crippen LogP contribution in [0.25, 0.3) is 0 Å². The third-order valence-corrected chi connectivity index (χ3v) is 6.49. The molecule has 0 bridgehead atoms. The van der Waals surface area contributed by atoms with Crippen LogP contribution in [0.1, 0.15) is 53.4 Å². The fourth-order valence-electron chi connectivity index (χ4n) is 3.54. The Morgan fingerprint density at radius 1 is 1.13 bits per heavy atom. The molecule has 0 unspecified atom stereocenters. The second kappa shape index (κ2) is 11.1. The molecule has 1 saturated heterocycles. The van der Waals surface area contributed by atoms with Gasteiger partial charge in [-0.3, -0.25) is 4.79 Å². The van der Waals surface area contributed by atoms with Crippen molar-refractivity contribution in [1.29, 1.82) is 0 Å². The SMILES string of the molecule is COC(=O)c1c(NC(=O)CCN2CCC(C)CC2)sc2c1CCC2.O=C(O)C(=O)O. The zero-order valence-corrected chi connectivity index (χ0v) is 18.0. The number of fused-ring (bicyclic) bond motifs is 1. The van der Waals surface area contributed by atoms with Gasteiger partial charge < -0.3 is 25.2 Å². The number of esters is 1. The van der Waals surface area contributed by atoms with Gasteiger partial charge in [-0.05, 0) is 56.7 Å². The van der Waals surface area contributed by atoms with Crippen LogP contribution < -0.4 is 5.32 Å². The van der Waals surface area contributed by atoms with Gasteiger partial charge >= 0.3 is 17.9 Å². The normalized spacial score (nSPS) is 16.2. The molecule has 166 valence electrons. The maximum absolute atomic E-state index is 12.3. The summed E-state index contributed by atoms with van der Waals surface area (Å²) in [5, 5.41) is 18.4. The van der Waals surface area contributed by atoms with Gasteiger partial charge in [-0.15, -0.1) is 11.3 Å². The summed E-state index contributed by atoms with van der Waals surface area (Å²) in [6.45, 7) is 5.23. The van der Waals surface area contributed by atoms with Gasteiger partial charge in [0.15, 0.2) is 0 Å². The summed E-state index contributed by atoms with van der Waals surface area (Å²) < 4.78 is 4.92. The molecule has 1 aromatic rings. The number of amides is 1. The van der Waals surface area contributed by atoms with E-state index in [0.717, 1.165) is 50.4 Å². The highest BCUT2D eigenvalue weighted by molar-refractivity contribution is 7.17. The van der Waals surface area contributed by atoms with Gasteiger partial charge in [0.25, 0.3) is 0 Å². The molecular formula is C20H28N2O7S. The van der Waals surface area contributed by atoms with E-state index in [1.54, 1.807) is 0 Å². The number of hydrogen-bond donors (Lipinski definition) is 3. The molecule has 3 rings (SSSR count). The predicted octanol–water partition coefficient (Wildman–Crippen LogP) is 2.24. The summed E-state index contributed by atoms with van der Waals surface area (Å²) in [7, 11) is 1.39. The number of rotatable bonds is 5. The number of ether oxygens (including phenoxy) is 1. The van der Waals surface area contributed by atoms with Gasteiger partial charge in [-0.25, -0.2) is 14.4 Å². The smallest absolute Gasteiger partial charge is 0.414 e. The first kappa shape index (κ1) is 23.8. The third-order valence-electron chi connectivity index (χ3n) is 5.28. The third kappa shape index (κ3) is 6.53. The molecule has 30 heavy (non-hydrogen) atoms. The molecule has 2 heterocycles. The Morgan fingerprint density at radius 2 is 1.77 bits per heavy atom. The highest BCUT2D eigenvalue weighted by Crippen LogP contribution is 2.39. The fourth-order valence-corrected chi connectivity index (χ4v) is 4.84. The van der Waals surface area contributed by atoms with Crippen molar-refractivity contribution in [3.63, 3.8) is 0 Å². The Balaban J connectivity index is 0.000000469. The number of methoxy groups -OCH3 is 1. The van der Waals surface area contributed by atoms with Crippen LogP contribution in [0.2, 0.25) is 0 Å². The van der Waals surface area contributed by atoms with E-state index in [0.29, 0.717) is 17.0 Å². The van der Waals surface area contributed by atoms with Crippen molar-refractivity contribution in [2.45, 2.75) is 45.4 Å². The van der Waals surface area contributed by atoms with Crippen molar-refractivity contribution >= 4 is 40.2 Å². The van der Waals surface area contributed by atoms with Gasteiger partial charge in [0.2, 0.25) is 5.91 Å². The zero-order chi connectivity index (χ0) is 22.3. The van der Waals surface area contributed by atoms with Crippen LogP contribution in [0.3, 0.4) is 0 Å². The van der Waals surface area contributed by atoms with Gasteiger partial charge in [-0.1, -0.05) is 6.92 Å². The second-order valence-corrected chi connectivity index (χ2v) is 8.59. The van der Waals surface area contributed by atoms with E-state index >= 15 is 0 Å². The number of carbonyl (C=O) groups is 4. The largest absolute Gasteiger partial charge is 0.473 e. The Morgan fingerprint density at radius 3 is 2.33 bits per heavy atom. The first-order valence-corrected chi connectivity index (χ1v) is 10.8. The number of piperidine rings is 1. The van der Waals surface area contributed by atoms with E-state index < -0.39 is 11.9 Å². The Kier molecular flexibility index (Phi) is 8.79. The molecule has 1 aromatic heterocycles. The first-order valence-electron chi connectivity index (χ1n) is 9.94. The number of nitrogens with one attached hydrogen (secondary N) is 1. The molecule has 0 aromatic carbocycles. The number of carboxylic acids is 2. The number of nitrogens with zero attached hydrogens (tertiary/aromatic N) is 1. The van der Waals surface area contributed by atoms with Gasteiger partial charge in [0.05, 0.1) is 12.7 Å². The van der Waals surface area contributed by atoms with Crippen LogP contribution in [0, 0.1) is 5.92 Å². The van der Waals surface area contributed by atoms with E-state index in [1.165, 1.54) is 36.2 Å². The van der Waals surface area contributed by atoms with Crippen LogP contribution >= 0.6 is 11.3 Å². The molecule has 1 aliphatic carbocycles. The molecular weight excluding hydrogens is 412 g/mol. The standard InChI is InChI=1S/C18H26N2O3S.C2H2O4/c1-12-6-9-20(10-7-12)11-8-15(21)19-17-16(18(22)23-2)13-4-3-5-14(13)24-17;3-1(4)2(5)6/h12H,3-11H2,1-2H3,(H,19,21);(H,3,4)(H,5,6). The quantitative estimate of drug-likeness (QED) is 0.469. The number of thiophene rings is 1. The zero-order valence-electron chi connectivity index (χ0n) is 17.2. The van der Waals surface area contributed by atoms with Gasteiger partial charge in [0.1, 0.15) is 5.00 Å². The maximum atomic E-state index is 12.3. The lowest BCUT2D eigenvalue weighted by Crippen LogP contribution is -2.35. The number of aliphatic carboxylic acids is 2. The Labute approximate surface area is 179 Å². The average molecular weight is 441 g/mol. The summed E-state index contributed by atoms with van der Waals surface area (Å²) in [5.74, 6) is -3.20. The van der Waals surface area contributed by atoms with Gasteiger partial charge in [-0.2, -0.15) is 0 Å². The summed E-state index contributed by atoms with van der Waals surface area (Å²) in [4.78, 5) is 46.2. The molecule has 0 atom stereocenters. The minimum atomic E-state index is -1.82. The number of carbonyl (C=O) groups excluding carboxylic acids is 2. The lowest BCUT2D eigenvalue weighted by Gasteiger charge is -2.29. The summed E-state index contributed by atoms with van der Waals surface area (Å²) >= 11 is 1.54. The minimum absolute atomic E-state index is 0.0151. The molecule has 2 aliphatic rings. The predicted molar refractivity (Wildman–Crippen MR) is 111 cm³/mol. The summed E-state index contributed by atoms with van der Waals surface area (Å²) in [5.41, 5.74) is 1.65. The monoisotopic (exact) mass is 440 g/mol. The van der Waals surface area contributed by atoms with Crippen LogP contribution in [-0.4, -0.2) is 65.7 Å². The van der Waals surface area contributed by atoms with Crippen molar-refractivity contribution in [2.75, 3.05) is 32.1 Å². The molecule has 3 N–H and O–H groups in total. The van der Waals surface area contributed by atoms with Crippen molar-refractivity contribution in [2.24, 2.45) is 5.92 Å². The molecule has 1 amide bonds. The van der Waals surface area contributed by atoms with E-state index in [2.05, 4.69) is 17.1 Å². The highest BCUT2D eigenvalue weighted by Gasteiger charge is 2.28. The molecule has 10 heteroatoms. The average Bonchev–Trinajstić information content (AvgIpc) is 3.28. The highest BCUT2D eigenvalue weighted by atomic mass is 32.1. The van der Waals surface area contributed by atoms with Crippen LogP contribution in [0.4, 0.5) is 5.00 Å². The Bertz CT molecular complexity index is 785. The summed E-state index contributed by atoms with van der Waals surface area (Å²) in [6, 6.07) is 0. The van der Waals surface area contributed by atoms with E-state index in [4.69, 9.17) is 24.5 Å². The van der Waals surface area contributed by atoms with Crippen LogP contribution in [0.15, 0.2) is 0 Å². The molecule has 1 aliphatic heterocycles. The topological polar surface area (TPSA) is 133 Å². The van der Waals surface area contributed by atoms with Crippen LogP contribution in [0.5, 0.6) is 0 Å². The van der Waals surface area contributed by atoms with E-state index in [-0.39, 0.29) is 11.9 Å². The number of anilines is 1. The number of carboxylic acid groups (broad SMARTS) is 2. The van der Waals surface area contributed by atoms with Gasteiger partial charge in [0, 0.05) is 17.8 Å². The van der Waals surface area contributed by atoms with Crippen molar-refractivity contribution in [3.8, 4) is 0 Å². The Hall–Kier alpha value is -2.46. The number of likely N-dealkylation sites (tertiary alicyclic amines) is 1. The number of aryl methyl sites for hydroxylation is 1. The van der Waals surface area contributed by atoms with Crippen molar-refractivity contribution in [1.82, 2.24) is 4.90 Å². The molecule has 1 fully saturated rings. The first-order chi connectivity index (χ1) is 14.2. The van der Waals surface area contributed by atoms with E-state index in [9.17, 15) is 9.59 Å². The number of hydrogen-bond acceptors (Lipinski definition) is 7. The van der Waals surface area contributed by atoms with Crippen LogP contribution in [-0.2, 0) is 32.0 Å².